The third-order valence-corrected chi connectivity index (χ3v) is 6.51. The van der Waals surface area contributed by atoms with E-state index in [4.69, 9.17) is 4.74 Å². The average Bonchev–Trinajstić information content (AvgIpc) is 2.81. The Balaban J connectivity index is 0.000000177. The molecule has 2 aliphatic rings. The molecule has 0 aromatic heterocycles. The zero-order valence-corrected chi connectivity index (χ0v) is 18.7. The van der Waals surface area contributed by atoms with Gasteiger partial charge in [-0.25, -0.2) is 4.79 Å². The molecule has 0 saturated carbocycles. The van der Waals surface area contributed by atoms with Gasteiger partial charge in [-0.15, -0.1) is 0 Å². The van der Waals surface area contributed by atoms with E-state index < -0.39 is 0 Å². The zero-order chi connectivity index (χ0) is 21.3. The van der Waals surface area contributed by atoms with Gasteiger partial charge in [0.2, 0.25) is 0 Å². The van der Waals surface area contributed by atoms with Crippen LogP contribution in [-0.2, 0) is 4.74 Å². The minimum Gasteiger partial charge on any atom is -0.465 e. The number of piperidine rings is 2. The summed E-state index contributed by atoms with van der Waals surface area (Å²) in [7, 11) is 5.78. The molecular formula is C26H36N2O2. The summed E-state index contributed by atoms with van der Waals surface area (Å²) in [6.45, 7) is 4.81. The number of ether oxygens (including phenoxy) is 1. The number of esters is 1. The Bertz CT molecular complexity index is 759. The lowest BCUT2D eigenvalue weighted by Gasteiger charge is -2.29. The predicted molar refractivity (Wildman–Crippen MR) is 123 cm³/mol. The minimum atomic E-state index is -0.264. The second-order valence-electron chi connectivity index (χ2n) is 8.68. The summed E-state index contributed by atoms with van der Waals surface area (Å²) in [4.78, 5) is 16.1. The highest BCUT2D eigenvalue weighted by atomic mass is 16.5. The molecular weight excluding hydrogens is 372 g/mol. The number of nitrogens with zero attached hydrogens (tertiary/aromatic N) is 2. The Kier molecular flexibility index (Phi) is 8.47. The number of rotatable bonds is 3. The monoisotopic (exact) mass is 408 g/mol. The van der Waals surface area contributed by atoms with Crippen LogP contribution in [0, 0.1) is 0 Å². The van der Waals surface area contributed by atoms with Gasteiger partial charge in [-0.05, 0) is 101 Å². The molecule has 0 amide bonds. The van der Waals surface area contributed by atoms with E-state index in [1.54, 1.807) is 0 Å². The van der Waals surface area contributed by atoms with Crippen molar-refractivity contribution in [3.8, 4) is 0 Å². The van der Waals surface area contributed by atoms with Gasteiger partial charge in [0, 0.05) is 0 Å². The first-order valence-corrected chi connectivity index (χ1v) is 11.2. The van der Waals surface area contributed by atoms with E-state index in [0.717, 1.165) is 19.0 Å². The van der Waals surface area contributed by atoms with E-state index in [2.05, 4.69) is 66.4 Å². The van der Waals surface area contributed by atoms with Gasteiger partial charge in [0.15, 0.2) is 0 Å². The summed E-state index contributed by atoms with van der Waals surface area (Å²) in [5.41, 5.74) is 3.49. The van der Waals surface area contributed by atoms with Crippen LogP contribution in [0.3, 0.4) is 0 Å². The molecule has 0 atom stereocenters. The maximum atomic E-state index is 11.3. The molecule has 162 valence electrons. The molecule has 4 rings (SSSR count). The van der Waals surface area contributed by atoms with Gasteiger partial charge in [0.1, 0.15) is 0 Å². The van der Waals surface area contributed by atoms with Gasteiger partial charge < -0.3 is 14.5 Å². The lowest BCUT2D eigenvalue weighted by Crippen LogP contribution is -2.29. The molecule has 30 heavy (non-hydrogen) atoms. The average molecular weight is 409 g/mol. The van der Waals surface area contributed by atoms with E-state index in [1.807, 2.05) is 12.1 Å². The topological polar surface area (TPSA) is 32.8 Å². The van der Waals surface area contributed by atoms with Crippen molar-refractivity contribution in [1.29, 1.82) is 0 Å². The smallest absolute Gasteiger partial charge is 0.337 e. The molecule has 4 heteroatoms. The summed E-state index contributed by atoms with van der Waals surface area (Å²) in [5, 5.41) is 0. The second-order valence-corrected chi connectivity index (χ2v) is 8.68. The number of benzene rings is 2. The summed E-state index contributed by atoms with van der Waals surface area (Å²) in [6.07, 6.45) is 5.04. The normalized spacial score (nSPS) is 19.0. The number of hydrogen-bond acceptors (Lipinski definition) is 4. The summed E-state index contributed by atoms with van der Waals surface area (Å²) >= 11 is 0. The fourth-order valence-corrected chi connectivity index (χ4v) is 4.42. The predicted octanol–water partition coefficient (Wildman–Crippen LogP) is 4.78. The fraction of sp³-hybridized carbons (Fsp3) is 0.500. The molecule has 0 aliphatic carbocycles. The SMILES string of the molecule is CN1CCC(c2ccccc2)CC1.COC(=O)c1ccc(C2CCN(C)CC2)cc1. The highest BCUT2D eigenvalue weighted by Crippen LogP contribution is 2.28. The number of likely N-dealkylation sites (tertiary alicyclic amines) is 2. The lowest BCUT2D eigenvalue weighted by atomic mass is 9.89. The minimum absolute atomic E-state index is 0.264. The maximum Gasteiger partial charge on any atom is 0.337 e. The Morgan fingerprint density at radius 3 is 1.60 bits per heavy atom. The van der Waals surface area contributed by atoms with Crippen LogP contribution in [0.25, 0.3) is 0 Å². The highest BCUT2D eigenvalue weighted by Gasteiger charge is 2.19. The zero-order valence-electron chi connectivity index (χ0n) is 18.7. The van der Waals surface area contributed by atoms with Crippen LogP contribution in [0.5, 0.6) is 0 Å². The standard InChI is InChI=1S/C14H19NO2.C12H17N/c1-15-9-7-12(8-10-15)11-3-5-13(6-4-11)14(16)17-2;1-13-9-7-12(8-10-13)11-5-3-2-4-6-11/h3-6,12H,7-10H2,1-2H3;2-6,12H,7-10H2,1H3. The molecule has 2 aliphatic heterocycles. The third-order valence-electron chi connectivity index (χ3n) is 6.51. The van der Waals surface area contributed by atoms with Crippen LogP contribution in [0.2, 0.25) is 0 Å². The maximum absolute atomic E-state index is 11.3. The summed E-state index contributed by atoms with van der Waals surface area (Å²) in [6, 6.07) is 18.7. The first-order valence-electron chi connectivity index (χ1n) is 11.2. The van der Waals surface area contributed by atoms with E-state index in [9.17, 15) is 4.79 Å². The molecule has 0 unspecified atom stereocenters. The van der Waals surface area contributed by atoms with Crippen molar-refractivity contribution in [2.45, 2.75) is 37.5 Å². The van der Waals surface area contributed by atoms with Crippen LogP contribution < -0.4 is 0 Å². The van der Waals surface area contributed by atoms with E-state index >= 15 is 0 Å². The number of carbonyl (C=O) groups excluding carboxylic acids is 1. The quantitative estimate of drug-likeness (QED) is 0.685. The van der Waals surface area contributed by atoms with Gasteiger partial charge >= 0.3 is 5.97 Å². The molecule has 2 saturated heterocycles. The molecule has 4 nitrogen and oxygen atoms in total. The van der Waals surface area contributed by atoms with E-state index in [-0.39, 0.29) is 5.97 Å². The van der Waals surface area contributed by atoms with Crippen molar-refractivity contribution in [1.82, 2.24) is 9.80 Å². The van der Waals surface area contributed by atoms with Crippen LogP contribution in [0.1, 0.15) is 59.0 Å². The third kappa shape index (κ3) is 6.41. The molecule has 0 spiro atoms. The molecule has 0 radical (unpaired) electrons. The van der Waals surface area contributed by atoms with Gasteiger partial charge in [0.25, 0.3) is 0 Å². The van der Waals surface area contributed by atoms with Crippen molar-refractivity contribution < 1.29 is 9.53 Å². The van der Waals surface area contributed by atoms with Crippen molar-refractivity contribution in [2.75, 3.05) is 47.4 Å². The van der Waals surface area contributed by atoms with Crippen molar-refractivity contribution in [2.24, 2.45) is 0 Å². The molecule has 2 heterocycles. The van der Waals surface area contributed by atoms with Crippen LogP contribution in [-0.4, -0.2) is 63.2 Å². The van der Waals surface area contributed by atoms with Crippen molar-refractivity contribution in [3.63, 3.8) is 0 Å². The fourth-order valence-electron chi connectivity index (χ4n) is 4.42. The Morgan fingerprint density at radius 1 is 0.733 bits per heavy atom. The van der Waals surface area contributed by atoms with Gasteiger partial charge in [0.05, 0.1) is 12.7 Å². The lowest BCUT2D eigenvalue weighted by molar-refractivity contribution is 0.0600. The molecule has 2 fully saturated rings. The number of methoxy groups -OCH3 is 1. The Labute approximate surface area is 181 Å². The number of carbonyl (C=O) groups is 1. The Hall–Kier alpha value is -2.17. The van der Waals surface area contributed by atoms with Crippen LogP contribution in [0.4, 0.5) is 0 Å². The first-order chi connectivity index (χ1) is 14.6. The second kappa shape index (κ2) is 11.3. The van der Waals surface area contributed by atoms with Gasteiger partial charge in [-0.1, -0.05) is 42.5 Å². The summed E-state index contributed by atoms with van der Waals surface area (Å²) in [5.74, 6) is 1.18. The van der Waals surface area contributed by atoms with Gasteiger partial charge in [-0.3, -0.25) is 0 Å². The molecule has 0 bridgehead atoms. The largest absolute Gasteiger partial charge is 0.465 e. The molecule has 2 aromatic rings. The van der Waals surface area contributed by atoms with Crippen molar-refractivity contribution >= 4 is 5.97 Å². The van der Waals surface area contributed by atoms with Crippen LogP contribution >= 0.6 is 0 Å². The highest BCUT2D eigenvalue weighted by molar-refractivity contribution is 5.89. The summed E-state index contributed by atoms with van der Waals surface area (Å²) < 4.78 is 4.69. The Morgan fingerprint density at radius 2 is 1.17 bits per heavy atom. The molecule has 2 aromatic carbocycles. The number of hydrogen-bond donors (Lipinski definition) is 0. The first kappa shape index (κ1) is 22.5. The van der Waals surface area contributed by atoms with E-state index in [0.29, 0.717) is 11.5 Å². The van der Waals surface area contributed by atoms with Crippen LogP contribution in [0.15, 0.2) is 54.6 Å². The molecule has 0 N–H and O–H groups in total. The van der Waals surface area contributed by atoms with Crippen molar-refractivity contribution in [3.05, 3.63) is 71.3 Å². The van der Waals surface area contributed by atoms with E-state index in [1.165, 1.54) is 57.0 Å². The van der Waals surface area contributed by atoms with Gasteiger partial charge in [-0.2, -0.15) is 0 Å².